The van der Waals surface area contributed by atoms with Gasteiger partial charge in [0, 0.05) is 23.0 Å². The van der Waals surface area contributed by atoms with Gasteiger partial charge in [-0.2, -0.15) is 0 Å². The van der Waals surface area contributed by atoms with Gasteiger partial charge in [0.25, 0.3) is 0 Å². The molecular formula is C12H13ClFN3. The van der Waals surface area contributed by atoms with Gasteiger partial charge in [0.1, 0.15) is 11.6 Å². The summed E-state index contributed by atoms with van der Waals surface area (Å²) in [6.07, 6.45) is 3.51. The Morgan fingerprint density at radius 2 is 2.29 bits per heavy atom. The zero-order valence-corrected chi connectivity index (χ0v) is 10.2. The van der Waals surface area contributed by atoms with E-state index in [1.165, 1.54) is 6.07 Å². The quantitative estimate of drug-likeness (QED) is 0.907. The molecule has 0 amide bonds. The number of rotatable bonds is 4. The Balaban J connectivity index is 2.28. The van der Waals surface area contributed by atoms with E-state index in [4.69, 9.17) is 11.6 Å². The molecule has 1 heterocycles. The summed E-state index contributed by atoms with van der Waals surface area (Å²) in [6, 6.07) is 4.70. The lowest BCUT2D eigenvalue weighted by molar-refractivity contribution is 0.590. The highest BCUT2D eigenvalue weighted by atomic mass is 35.5. The van der Waals surface area contributed by atoms with Crippen LogP contribution in [0.3, 0.4) is 0 Å². The van der Waals surface area contributed by atoms with E-state index in [0.717, 1.165) is 5.82 Å². The third kappa shape index (κ3) is 2.65. The second-order valence-electron chi connectivity index (χ2n) is 3.70. The number of aromatic nitrogens is 2. The molecule has 17 heavy (non-hydrogen) atoms. The lowest BCUT2D eigenvalue weighted by atomic mass is 10.2. The summed E-state index contributed by atoms with van der Waals surface area (Å²) < 4.78 is 15.5. The molecule has 0 spiro atoms. The van der Waals surface area contributed by atoms with Crippen LogP contribution in [-0.4, -0.2) is 16.6 Å². The number of imidazole rings is 1. The molecule has 0 saturated heterocycles. The van der Waals surface area contributed by atoms with Gasteiger partial charge in [-0.3, -0.25) is 0 Å². The van der Waals surface area contributed by atoms with Gasteiger partial charge in [-0.1, -0.05) is 17.7 Å². The van der Waals surface area contributed by atoms with Crippen molar-refractivity contribution >= 4 is 11.6 Å². The third-order valence-electron chi connectivity index (χ3n) is 2.53. The van der Waals surface area contributed by atoms with E-state index in [2.05, 4.69) is 10.3 Å². The Morgan fingerprint density at radius 1 is 1.47 bits per heavy atom. The maximum atomic E-state index is 13.6. The SMILES string of the molecule is CNCc1nccn1Cc1c(F)cccc1Cl. The number of halogens is 2. The smallest absolute Gasteiger partial charge is 0.129 e. The van der Waals surface area contributed by atoms with Crippen molar-refractivity contribution in [3.63, 3.8) is 0 Å². The molecule has 0 atom stereocenters. The molecule has 0 aliphatic carbocycles. The molecule has 0 aliphatic rings. The van der Waals surface area contributed by atoms with Crippen molar-refractivity contribution in [1.29, 1.82) is 0 Å². The average molecular weight is 254 g/mol. The fourth-order valence-electron chi connectivity index (χ4n) is 1.66. The first-order chi connectivity index (χ1) is 8.22. The Hall–Kier alpha value is -1.39. The van der Waals surface area contributed by atoms with Gasteiger partial charge in [0.2, 0.25) is 0 Å². The van der Waals surface area contributed by atoms with Crippen LogP contribution in [0.4, 0.5) is 4.39 Å². The second-order valence-corrected chi connectivity index (χ2v) is 4.11. The Morgan fingerprint density at radius 3 is 3.00 bits per heavy atom. The van der Waals surface area contributed by atoms with Gasteiger partial charge in [-0.05, 0) is 19.2 Å². The molecular weight excluding hydrogens is 241 g/mol. The molecule has 2 aromatic rings. The van der Waals surface area contributed by atoms with Crippen molar-refractivity contribution in [1.82, 2.24) is 14.9 Å². The second kappa shape index (κ2) is 5.29. The number of benzene rings is 1. The molecule has 5 heteroatoms. The summed E-state index contributed by atoms with van der Waals surface area (Å²) in [6.45, 7) is 1.03. The molecule has 1 aromatic carbocycles. The lowest BCUT2D eigenvalue weighted by Gasteiger charge is -2.09. The van der Waals surface area contributed by atoms with Crippen LogP contribution in [0, 0.1) is 5.82 Å². The maximum absolute atomic E-state index is 13.6. The van der Waals surface area contributed by atoms with Crippen molar-refractivity contribution in [2.75, 3.05) is 7.05 Å². The Labute approximate surface area is 104 Å². The van der Waals surface area contributed by atoms with Crippen LogP contribution < -0.4 is 5.32 Å². The van der Waals surface area contributed by atoms with E-state index in [0.29, 0.717) is 23.7 Å². The Bertz CT molecular complexity index is 490. The van der Waals surface area contributed by atoms with Gasteiger partial charge in [-0.25, -0.2) is 9.37 Å². The zero-order valence-electron chi connectivity index (χ0n) is 9.45. The average Bonchev–Trinajstić information content (AvgIpc) is 2.72. The van der Waals surface area contributed by atoms with Crippen LogP contribution in [0.15, 0.2) is 30.6 Å². The van der Waals surface area contributed by atoms with E-state index in [9.17, 15) is 4.39 Å². The number of hydrogen-bond acceptors (Lipinski definition) is 2. The summed E-state index contributed by atoms with van der Waals surface area (Å²) in [4.78, 5) is 4.20. The van der Waals surface area contributed by atoms with E-state index in [1.807, 2.05) is 17.8 Å². The van der Waals surface area contributed by atoms with E-state index < -0.39 is 0 Å². The van der Waals surface area contributed by atoms with Crippen molar-refractivity contribution in [3.05, 3.63) is 52.8 Å². The predicted molar refractivity (Wildman–Crippen MR) is 65.5 cm³/mol. The summed E-state index contributed by atoms with van der Waals surface area (Å²) >= 11 is 5.99. The summed E-state index contributed by atoms with van der Waals surface area (Å²) in [5, 5.41) is 3.45. The van der Waals surface area contributed by atoms with Crippen LogP contribution in [0.25, 0.3) is 0 Å². The third-order valence-corrected chi connectivity index (χ3v) is 2.88. The maximum Gasteiger partial charge on any atom is 0.129 e. The van der Waals surface area contributed by atoms with E-state index >= 15 is 0 Å². The number of hydrogen-bond donors (Lipinski definition) is 1. The number of nitrogens with zero attached hydrogens (tertiary/aromatic N) is 2. The minimum Gasteiger partial charge on any atom is -0.329 e. The van der Waals surface area contributed by atoms with Crippen molar-refractivity contribution < 1.29 is 4.39 Å². The summed E-state index contributed by atoms with van der Waals surface area (Å²) in [7, 11) is 1.84. The van der Waals surface area contributed by atoms with Gasteiger partial charge in [0.05, 0.1) is 13.1 Å². The molecule has 0 bridgehead atoms. The normalized spacial score (nSPS) is 10.8. The minimum atomic E-state index is -0.290. The molecule has 0 saturated carbocycles. The molecule has 0 unspecified atom stereocenters. The number of nitrogens with one attached hydrogen (secondary N) is 1. The van der Waals surface area contributed by atoms with Gasteiger partial charge in [0.15, 0.2) is 0 Å². The first kappa shape index (κ1) is 12.1. The molecule has 90 valence electrons. The zero-order chi connectivity index (χ0) is 12.3. The molecule has 0 fully saturated rings. The highest BCUT2D eigenvalue weighted by molar-refractivity contribution is 6.31. The first-order valence-electron chi connectivity index (χ1n) is 5.30. The largest absolute Gasteiger partial charge is 0.329 e. The molecule has 0 aliphatic heterocycles. The summed E-state index contributed by atoms with van der Waals surface area (Å²) in [5.41, 5.74) is 0.490. The monoisotopic (exact) mass is 253 g/mol. The van der Waals surface area contributed by atoms with Crippen molar-refractivity contribution in [2.24, 2.45) is 0 Å². The fourth-order valence-corrected chi connectivity index (χ4v) is 1.89. The summed E-state index contributed by atoms with van der Waals surface area (Å²) in [5.74, 6) is 0.563. The standard InChI is InChI=1S/C12H13ClFN3/c1-15-7-12-16-5-6-17(12)8-9-10(13)3-2-4-11(9)14/h2-6,15H,7-8H2,1H3. The van der Waals surface area contributed by atoms with Gasteiger partial charge >= 0.3 is 0 Å². The van der Waals surface area contributed by atoms with E-state index in [1.54, 1.807) is 18.3 Å². The van der Waals surface area contributed by atoms with Crippen LogP contribution in [0.2, 0.25) is 5.02 Å². The van der Waals surface area contributed by atoms with Gasteiger partial charge < -0.3 is 9.88 Å². The van der Waals surface area contributed by atoms with Crippen molar-refractivity contribution in [3.8, 4) is 0 Å². The lowest BCUT2D eigenvalue weighted by Crippen LogP contribution is -2.13. The molecule has 2 rings (SSSR count). The molecule has 3 nitrogen and oxygen atoms in total. The van der Waals surface area contributed by atoms with E-state index in [-0.39, 0.29) is 5.82 Å². The van der Waals surface area contributed by atoms with Gasteiger partial charge in [-0.15, -0.1) is 0 Å². The van der Waals surface area contributed by atoms with Crippen LogP contribution >= 0.6 is 11.6 Å². The highest BCUT2D eigenvalue weighted by Gasteiger charge is 2.09. The van der Waals surface area contributed by atoms with Crippen LogP contribution in [0.1, 0.15) is 11.4 Å². The van der Waals surface area contributed by atoms with Crippen LogP contribution in [0.5, 0.6) is 0 Å². The van der Waals surface area contributed by atoms with Crippen molar-refractivity contribution in [2.45, 2.75) is 13.1 Å². The predicted octanol–water partition coefficient (Wildman–Crippen LogP) is 2.44. The van der Waals surface area contributed by atoms with Crippen LogP contribution in [-0.2, 0) is 13.1 Å². The topological polar surface area (TPSA) is 29.9 Å². The molecule has 1 aromatic heterocycles. The molecule has 0 radical (unpaired) electrons. The first-order valence-corrected chi connectivity index (χ1v) is 5.67. The Kier molecular flexibility index (Phi) is 3.76. The fraction of sp³-hybridized carbons (Fsp3) is 0.250. The minimum absolute atomic E-state index is 0.290. The molecule has 1 N–H and O–H groups in total. The highest BCUT2D eigenvalue weighted by Crippen LogP contribution is 2.20.